The van der Waals surface area contributed by atoms with Crippen molar-refractivity contribution in [1.82, 2.24) is 4.90 Å². The molecule has 1 saturated carbocycles. The van der Waals surface area contributed by atoms with Crippen LogP contribution in [0.1, 0.15) is 19.8 Å². The lowest BCUT2D eigenvalue weighted by Gasteiger charge is -2.36. The van der Waals surface area contributed by atoms with E-state index >= 15 is 0 Å². The number of aliphatic hydroxyl groups is 1. The predicted octanol–water partition coefficient (Wildman–Crippen LogP) is 0.724. The second-order valence-corrected chi connectivity index (χ2v) is 4.24. The van der Waals surface area contributed by atoms with Crippen molar-refractivity contribution < 1.29 is 9.84 Å². The van der Waals surface area contributed by atoms with Crippen LogP contribution in [-0.2, 0) is 4.74 Å². The standard InChI is InChI=1S/C10H21NO2/c1-8(7-13-3)11(2)6-9-4-10(12)5-9/h8-10,12H,4-7H2,1-3H3. The quantitative estimate of drug-likeness (QED) is 0.688. The minimum atomic E-state index is -0.0314. The molecule has 0 aromatic carbocycles. The van der Waals surface area contributed by atoms with Crippen LogP contribution in [0.5, 0.6) is 0 Å². The highest BCUT2D eigenvalue weighted by Crippen LogP contribution is 2.27. The first kappa shape index (κ1) is 11.0. The average Bonchev–Trinajstić information content (AvgIpc) is 2.02. The Morgan fingerprint density at radius 2 is 2.15 bits per heavy atom. The molecule has 1 aliphatic carbocycles. The highest BCUT2D eigenvalue weighted by Gasteiger charge is 2.28. The van der Waals surface area contributed by atoms with Crippen molar-refractivity contribution in [3.05, 3.63) is 0 Å². The van der Waals surface area contributed by atoms with E-state index in [1.54, 1.807) is 7.11 Å². The fourth-order valence-corrected chi connectivity index (χ4v) is 1.81. The van der Waals surface area contributed by atoms with E-state index in [-0.39, 0.29) is 6.10 Å². The molecule has 1 N–H and O–H groups in total. The van der Waals surface area contributed by atoms with Crippen molar-refractivity contribution in [2.24, 2.45) is 5.92 Å². The Hall–Kier alpha value is -0.120. The topological polar surface area (TPSA) is 32.7 Å². The first-order chi connectivity index (χ1) is 6.13. The van der Waals surface area contributed by atoms with Crippen LogP contribution in [0.4, 0.5) is 0 Å². The van der Waals surface area contributed by atoms with E-state index in [4.69, 9.17) is 9.84 Å². The zero-order valence-electron chi connectivity index (χ0n) is 8.86. The fraction of sp³-hybridized carbons (Fsp3) is 1.00. The van der Waals surface area contributed by atoms with Gasteiger partial charge in [0.05, 0.1) is 12.7 Å². The molecule has 13 heavy (non-hydrogen) atoms. The minimum Gasteiger partial charge on any atom is -0.393 e. The summed E-state index contributed by atoms with van der Waals surface area (Å²) in [4.78, 5) is 2.31. The number of rotatable bonds is 5. The average molecular weight is 187 g/mol. The molecule has 1 fully saturated rings. The summed E-state index contributed by atoms with van der Waals surface area (Å²) in [5.41, 5.74) is 0. The van der Waals surface area contributed by atoms with Gasteiger partial charge < -0.3 is 14.7 Å². The zero-order chi connectivity index (χ0) is 9.84. The van der Waals surface area contributed by atoms with Gasteiger partial charge >= 0.3 is 0 Å². The molecule has 0 heterocycles. The van der Waals surface area contributed by atoms with E-state index < -0.39 is 0 Å². The monoisotopic (exact) mass is 187 g/mol. The molecular formula is C10H21NO2. The highest BCUT2D eigenvalue weighted by molar-refractivity contribution is 4.81. The third-order valence-electron chi connectivity index (χ3n) is 2.92. The molecular weight excluding hydrogens is 166 g/mol. The molecule has 0 aromatic heterocycles. The molecule has 3 nitrogen and oxygen atoms in total. The summed E-state index contributed by atoms with van der Waals surface area (Å²) in [7, 11) is 3.85. The third kappa shape index (κ3) is 3.25. The Morgan fingerprint density at radius 3 is 2.62 bits per heavy atom. The van der Waals surface area contributed by atoms with Gasteiger partial charge in [-0.2, -0.15) is 0 Å². The van der Waals surface area contributed by atoms with Gasteiger partial charge in [0.25, 0.3) is 0 Å². The molecule has 1 rings (SSSR count). The summed E-state index contributed by atoms with van der Waals surface area (Å²) < 4.78 is 5.09. The summed E-state index contributed by atoms with van der Waals surface area (Å²) in [6.07, 6.45) is 1.92. The maximum absolute atomic E-state index is 9.13. The summed E-state index contributed by atoms with van der Waals surface area (Å²) in [5, 5.41) is 9.13. The molecule has 0 amide bonds. The number of methoxy groups -OCH3 is 1. The van der Waals surface area contributed by atoms with Gasteiger partial charge in [0, 0.05) is 19.7 Å². The van der Waals surface area contributed by atoms with Crippen molar-refractivity contribution in [2.75, 3.05) is 27.3 Å². The van der Waals surface area contributed by atoms with Crippen molar-refractivity contribution >= 4 is 0 Å². The molecule has 0 aromatic rings. The predicted molar refractivity (Wildman–Crippen MR) is 52.7 cm³/mol. The fourth-order valence-electron chi connectivity index (χ4n) is 1.81. The number of aliphatic hydroxyl groups excluding tert-OH is 1. The van der Waals surface area contributed by atoms with E-state index in [1.807, 2.05) is 0 Å². The van der Waals surface area contributed by atoms with E-state index in [1.165, 1.54) is 0 Å². The van der Waals surface area contributed by atoms with E-state index in [0.717, 1.165) is 26.0 Å². The Kier molecular flexibility index (Phi) is 4.16. The number of likely N-dealkylation sites (N-methyl/N-ethyl adjacent to an activating group) is 1. The Labute approximate surface area is 80.7 Å². The van der Waals surface area contributed by atoms with Gasteiger partial charge in [0.2, 0.25) is 0 Å². The van der Waals surface area contributed by atoms with E-state index in [2.05, 4.69) is 18.9 Å². The van der Waals surface area contributed by atoms with Crippen molar-refractivity contribution in [3.8, 4) is 0 Å². The molecule has 0 aliphatic heterocycles. The van der Waals surface area contributed by atoms with Crippen LogP contribution in [0.25, 0.3) is 0 Å². The molecule has 1 aliphatic rings. The van der Waals surface area contributed by atoms with Crippen LogP contribution >= 0.6 is 0 Å². The summed E-state index contributed by atoms with van der Waals surface area (Å²) in [6.45, 7) is 4.03. The van der Waals surface area contributed by atoms with Crippen LogP contribution in [-0.4, -0.2) is 49.5 Å². The summed E-state index contributed by atoms with van der Waals surface area (Å²) in [5.74, 6) is 0.694. The van der Waals surface area contributed by atoms with Gasteiger partial charge in [-0.05, 0) is 32.7 Å². The first-order valence-electron chi connectivity index (χ1n) is 5.00. The molecule has 3 heteroatoms. The van der Waals surface area contributed by atoms with Gasteiger partial charge in [-0.15, -0.1) is 0 Å². The lowest BCUT2D eigenvalue weighted by molar-refractivity contribution is 0.0159. The van der Waals surface area contributed by atoms with Crippen molar-refractivity contribution in [3.63, 3.8) is 0 Å². The smallest absolute Gasteiger partial charge is 0.0615 e. The highest BCUT2D eigenvalue weighted by atomic mass is 16.5. The second kappa shape index (κ2) is 4.94. The normalized spacial score (nSPS) is 30.2. The van der Waals surface area contributed by atoms with Crippen molar-refractivity contribution in [2.45, 2.75) is 31.9 Å². The molecule has 78 valence electrons. The molecule has 0 saturated heterocycles. The van der Waals surface area contributed by atoms with Crippen LogP contribution < -0.4 is 0 Å². The molecule has 0 spiro atoms. The van der Waals surface area contributed by atoms with Gasteiger partial charge in [-0.3, -0.25) is 0 Å². The van der Waals surface area contributed by atoms with Crippen LogP contribution in [0.2, 0.25) is 0 Å². The molecule has 1 atom stereocenters. The van der Waals surface area contributed by atoms with Gasteiger partial charge in [0.15, 0.2) is 0 Å². The maximum atomic E-state index is 9.13. The lowest BCUT2D eigenvalue weighted by atomic mass is 9.82. The van der Waals surface area contributed by atoms with Crippen LogP contribution in [0.3, 0.4) is 0 Å². The van der Waals surface area contributed by atoms with Crippen LogP contribution in [0.15, 0.2) is 0 Å². The number of nitrogens with zero attached hydrogens (tertiary/aromatic N) is 1. The third-order valence-corrected chi connectivity index (χ3v) is 2.92. The molecule has 1 unspecified atom stereocenters. The lowest BCUT2D eigenvalue weighted by Crippen LogP contribution is -2.41. The Bertz CT molecular complexity index is 146. The van der Waals surface area contributed by atoms with Crippen molar-refractivity contribution in [1.29, 1.82) is 0 Å². The van der Waals surface area contributed by atoms with Crippen LogP contribution in [0, 0.1) is 5.92 Å². The van der Waals surface area contributed by atoms with E-state index in [9.17, 15) is 0 Å². The largest absolute Gasteiger partial charge is 0.393 e. The van der Waals surface area contributed by atoms with Gasteiger partial charge in [-0.25, -0.2) is 0 Å². The maximum Gasteiger partial charge on any atom is 0.0615 e. The van der Waals surface area contributed by atoms with E-state index in [0.29, 0.717) is 12.0 Å². The number of hydrogen-bond donors (Lipinski definition) is 1. The SMILES string of the molecule is COCC(C)N(C)CC1CC(O)C1. The Balaban J connectivity index is 2.13. The summed E-state index contributed by atoms with van der Waals surface area (Å²) >= 11 is 0. The van der Waals surface area contributed by atoms with Gasteiger partial charge in [-0.1, -0.05) is 0 Å². The minimum absolute atomic E-state index is 0.0314. The second-order valence-electron chi connectivity index (χ2n) is 4.24. The molecule has 0 radical (unpaired) electrons. The number of ether oxygens (including phenoxy) is 1. The summed E-state index contributed by atoms with van der Waals surface area (Å²) in [6, 6.07) is 0.475. The number of hydrogen-bond acceptors (Lipinski definition) is 3. The Morgan fingerprint density at radius 1 is 1.54 bits per heavy atom. The van der Waals surface area contributed by atoms with Gasteiger partial charge in [0.1, 0.15) is 0 Å². The zero-order valence-corrected chi connectivity index (χ0v) is 8.86. The first-order valence-corrected chi connectivity index (χ1v) is 5.00. The molecule has 0 bridgehead atoms.